The molecule has 0 spiro atoms. The average molecular weight is 533 g/mol. The molecule has 1 N–H and O–H groups in total. The standard InChI is InChI=1S/C34H61O2P/c1-24(15-16-30-23-26(3)27(4)28(5)32(30)37-9)13-10-19-33(6,7)20-12-22-34(8,36)21-11-14-25(2)31(35)29-17-18-29/h23-27,29,36-37H,10-22H2,1-9H3. The van der Waals surface area contributed by atoms with Gasteiger partial charge < -0.3 is 5.11 Å². The number of ketones is 1. The van der Waals surface area contributed by atoms with E-state index in [2.05, 4.69) is 61.2 Å². The minimum absolute atomic E-state index is 0.172. The lowest BCUT2D eigenvalue weighted by Crippen LogP contribution is -2.25. The molecule has 6 atom stereocenters. The number of carbonyl (C=O) groups excluding carboxylic acids is 1. The van der Waals surface area contributed by atoms with Gasteiger partial charge in [-0.05, 0) is 119 Å². The number of Topliss-reactive ketones (excluding diaryl/α,β-unsaturated/α-hetero) is 1. The summed E-state index contributed by atoms with van der Waals surface area (Å²) in [6, 6.07) is 0. The minimum atomic E-state index is -0.596. The normalized spacial score (nSPS) is 24.3. The van der Waals surface area contributed by atoms with Crippen LogP contribution in [0.2, 0.25) is 0 Å². The Balaban J connectivity index is 1.63. The van der Waals surface area contributed by atoms with Crippen molar-refractivity contribution in [3.63, 3.8) is 0 Å². The van der Waals surface area contributed by atoms with Crippen molar-refractivity contribution < 1.29 is 9.90 Å². The van der Waals surface area contributed by atoms with Crippen LogP contribution < -0.4 is 0 Å². The minimum Gasteiger partial charge on any atom is -0.390 e. The summed E-state index contributed by atoms with van der Waals surface area (Å²) in [7, 11) is 0.914. The fraction of sp³-hybridized carbons (Fsp3) is 0.853. The molecule has 0 radical (unpaired) electrons. The van der Waals surface area contributed by atoms with Crippen LogP contribution >= 0.6 is 8.58 Å². The van der Waals surface area contributed by atoms with Gasteiger partial charge in [0, 0.05) is 11.8 Å². The third kappa shape index (κ3) is 11.3. The summed E-state index contributed by atoms with van der Waals surface area (Å²) in [5.41, 5.74) is 3.03. The molecule has 1 saturated carbocycles. The summed E-state index contributed by atoms with van der Waals surface area (Å²) in [6.45, 7) is 20.8. The van der Waals surface area contributed by atoms with E-state index in [9.17, 15) is 9.90 Å². The van der Waals surface area contributed by atoms with Crippen LogP contribution in [0.15, 0.2) is 22.5 Å². The Hall–Kier alpha value is -0.460. The zero-order chi connectivity index (χ0) is 27.8. The Labute approximate surface area is 232 Å². The molecule has 2 rings (SSSR count). The molecule has 37 heavy (non-hydrogen) atoms. The molecule has 0 aromatic rings. The monoisotopic (exact) mass is 532 g/mol. The van der Waals surface area contributed by atoms with E-state index in [4.69, 9.17) is 0 Å². The predicted octanol–water partition coefficient (Wildman–Crippen LogP) is 10.1. The largest absolute Gasteiger partial charge is 0.390 e. The van der Waals surface area contributed by atoms with Crippen molar-refractivity contribution in [2.45, 2.75) is 144 Å². The molecular formula is C34H61O2P. The SMILES string of the molecule is CPC1=C(C)C(C)C(C)C=C1CCC(C)CCCC(C)(C)CCCC(C)(O)CCCC(C)C(=O)C1CC1. The van der Waals surface area contributed by atoms with Gasteiger partial charge in [0.15, 0.2) is 0 Å². The summed E-state index contributed by atoms with van der Waals surface area (Å²) < 4.78 is 0. The first kappa shape index (κ1) is 32.8. The summed E-state index contributed by atoms with van der Waals surface area (Å²) in [6.07, 6.45) is 17.1. The molecular weight excluding hydrogens is 471 g/mol. The maximum Gasteiger partial charge on any atom is 0.138 e. The van der Waals surface area contributed by atoms with Crippen molar-refractivity contribution in [3.8, 4) is 0 Å². The van der Waals surface area contributed by atoms with Crippen molar-refractivity contribution >= 4 is 14.4 Å². The van der Waals surface area contributed by atoms with Gasteiger partial charge in [-0.2, -0.15) is 0 Å². The molecule has 214 valence electrons. The molecule has 0 bridgehead atoms. The lowest BCUT2D eigenvalue weighted by atomic mass is 9.79. The Morgan fingerprint density at radius 1 is 1.00 bits per heavy atom. The third-order valence-corrected chi connectivity index (χ3v) is 11.0. The molecule has 0 amide bonds. The van der Waals surface area contributed by atoms with Crippen LogP contribution in [-0.4, -0.2) is 23.2 Å². The number of hydrogen-bond donors (Lipinski definition) is 1. The maximum absolute atomic E-state index is 12.2. The number of hydrogen-bond acceptors (Lipinski definition) is 2. The second-order valence-electron chi connectivity index (χ2n) is 14.2. The van der Waals surface area contributed by atoms with Gasteiger partial charge in [0.1, 0.15) is 5.78 Å². The van der Waals surface area contributed by atoms with Gasteiger partial charge in [-0.1, -0.05) is 81.0 Å². The molecule has 2 aliphatic carbocycles. The van der Waals surface area contributed by atoms with E-state index in [1.54, 1.807) is 16.5 Å². The van der Waals surface area contributed by atoms with E-state index in [-0.39, 0.29) is 5.92 Å². The highest BCUT2D eigenvalue weighted by atomic mass is 31.1. The zero-order valence-corrected chi connectivity index (χ0v) is 27.0. The van der Waals surface area contributed by atoms with E-state index >= 15 is 0 Å². The van der Waals surface area contributed by atoms with Crippen LogP contribution in [0.25, 0.3) is 0 Å². The zero-order valence-electron chi connectivity index (χ0n) is 26.0. The highest BCUT2D eigenvalue weighted by Gasteiger charge is 2.33. The number of allylic oxidation sites excluding steroid dienone is 4. The van der Waals surface area contributed by atoms with Crippen LogP contribution in [-0.2, 0) is 4.79 Å². The smallest absolute Gasteiger partial charge is 0.138 e. The Kier molecular flexibility index (Phi) is 13.1. The molecule has 0 aromatic carbocycles. The van der Waals surface area contributed by atoms with E-state index in [1.165, 1.54) is 38.5 Å². The lowest BCUT2D eigenvalue weighted by molar-refractivity contribution is -0.123. The van der Waals surface area contributed by atoms with Crippen LogP contribution in [0, 0.1) is 35.0 Å². The highest BCUT2D eigenvalue weighted by molar-refractivity contribution is 7.42. The second-order valence-corrected chi connectivity index (χ2v) is 15.2. The van der Waals surface area contributed by atoms with Gasteiger partial charge in [0.25, 0.3) is 0 Å². The van der Waals surface area contributed by atoms with Gasteiger partial charge in [0.05, 0.1) is 5.60 Å². The molecule has 0 aliphatic heterocycles. The van der Waals surface area contributed by atoms with Crippen molar-refractivity contribution in [3.05, 3.63) is 22.5 Å². The topological polar surface area (TPSA) is 37.3 Å². The van der Waals surface area contributed by atoms with E-state index in [0.717, 1.165) is 59.4 Å². The van der Waals surface area contributed by atoms with Gasteiger partial charge in [0.2, 0.25) is 0 Å². The number of rotatable bonds is 18. The number of aliphatic hydroxyl groups is 1. The summed E-state index contributed by atoms with van der Waals surface area (Å²) in [5, 5.41) is 12.6. The molecule has 0 saturated heterocycles. The van der Waals surface area contributed by atoms with Gasteiger partial charge in [-0.3, -0.25) is 4.79 Å². The van der Waals surface area contributed by atoms with Crippen LogP contribution in [0.3, 0.4) is 0 Å². The first-order valence-electron chi connectivity index (χ1n) is 15.6. The highest BCUT2D eigenvalue weighted by Crippen LogP contribution is 2.43. The fourth-order valence-electron chi connectivity index (χ4n) is 6.36. The molecule has 2 aliphatic rings. The van der Waals surface area contributed by atoms with Crippen molar-refractivity contribution in [2.75, 3.05) is 6.66 Å². The quantitative estimate of drug-likeness (QED) is 0.178. The van der Waals surface area contributed by atoms with Crippen molar-refractivity contribution in [1.29, 1.82) is 0 Å². The summed E-state index contributed by atoms with van der Waals surface area (Å²) in [4.78, 5) is 12.2. The molecule has 1 fully saturated rings. The molecule has 0 heterocycles. The summed E-state index contributed by atoms with van der Waals surface area (Å²) in [5.74, 6) is 3.14. The molecule has 0 aromatic heterocycles. The van der Waals surface area contributed by atoms with Crippen LogP contribution in [0.1, 0.15) is 139 Å². The average Bonchev–Trinajstić information content (AvgIpc) is 3.65. The second kappa shape index (κ2) is 14.8. The van der Waals surface area contributed by atoms with E-state index < -0.39 is 5.60 Å². The van der Waals surface area contributed by atoms with Crippen molar-refractivity contribution in [1.82, 2.24) is 0 Å². The van der Waals surface area contributed by atoms with Gasteiger partial charge in [-0.15, -0.1) is 0 Å². The van der Waals surface area contributed by atoms with Gasteiger partial charge >= 0.3 is 0 Å². The molecule has 3 heteroatoms. The van der Waals surface area contributed by atoms with Crippen LogP contribution in [0.5, 0.6) is 0 Å². The van der Waals surface area contributed by atoms with Crippen LogP contribution in [0.4, 0.5) is 0 Å². The lowest BCUT2D eigenvalue weighted by Gasteiger charge is -2.30. The van der Waals surface area contributed by atoms with E-state index in [1.807, 2.05) is 6.92 Å². The molecule has 2 nitrogen and oxygen atoms in total. The Morgan fingerprint density at radius 2 is 1.59 bits per heavy atom. The Morgan fingerprint density at radius 3 is 2.22 bits per heavy atom. The fourth-order valence-corrected chi connectivity index (χ4v) is 7.51. The Bertz CT molecular complexity index is 786. The van der Waals surface area contributed by atoms with E-state index in [0.29, 0.717) is 29.0 Å². The third-order valence-electron chi connectivity index (χ3n) is 9.74. The first-order chi connectivity index (χ1) is 17.3. The van der Waals surface area contributed by atoms with Gasteiger partial charge in [-0.25, -0.2) is 0 Å². The molecule has 6 unspecified atom stereocenters. The number of carbonyl (C=O) groups is 1. The maximum atomic E-state index is 12.2. The predicted molar refractivity (Wildman–Crippen MR) is 165 cm³/mol. The van der Waals surface area contributed by atoms with Crippen molar-refractivity contribution in [2.24, 2.45) is 35.0 Å². The summed E-state index contributed by atoms with van der Waals surface area (Å²) >= 11 is 0. The first-order valence-corrected chi connectivity index (χ1v) is 17.1.